The Balaban J connectivity index is 0.805. The Hall–Kier alpha value is -12.3. The summed E-state index contributed by atoms with van der Waals surface area (Å²) in [5.74, 6) is 0. The van der Waals surface area contributed by atoms with E-state index in [0.717, 1.165) is 102 Å². The molecule has 470 valence electrons. The van der Waals surface area contributed by atoms with E-state index in [1.165, 1.54) is 18.2 Å². The van der Waals surface area contributed by atoms with Gasteiger partial charge in [0.2, 0.25) is 0 Å². The highest BCUT2D eigenvalue weighted by atomic mass is 127. The minimum atomic E-state index is -0.653. The number of rotatable bonds is 21. The van der Waals surface area contributed by atoms with E-state index in [-0.39, 0.29) is 0 Å². The Labute approximate surface area is 585 Å². The van der Waals surface area contributed by atoms with E-state index in [4.69, 9.17) is 0 Å². The monoisotopic (exact) mass is 1370 g/mol. The molecule has 0 atom stereocenters. The molecule has 0 aliphatic rings. The summed E-state index contributed by atoms with van der Waals surface area (Å²) in [7, 11) is 0. The van der Waals surface area contributed by atoms with Crippen LogP contribution in [0.15, 0.2) is 419 Å². The van der Waals surface area contributed by atoms with E-state index in [2.05, 4.69) is 448 Å². The number of nitrogens with zero attached hydrogens (tertiary/aromatic N) is 6. The second-order valence-electron chi connectivity index (χ2n) is 23.6. The van der Waals surface area contributed by atoms with Gasteiger partial charge < -0.3 is 29.4 Å². The van der Waals surface area contributed by atoms with Crippen LogP contribution in [0.2, 0.25) is 0 Å². The summed E-state index contributed by atoms with van der Waals surface area (Å²) in [6, 6.07) is 150. The third-order valence-corrected chi connectivity index (χ3v) is 20.4. The second-order valence-corrected chi connectivity index (χ2v) is 26.4. The van der Waals surface area contributed by atoms with E-state index in [1.54, 1.807) is 0 Å². The lowest BCUT2D eigenvalue weighted by atomic mass is 10.0. The predicted octanol–water partition coefficient (Wildman–Crippen LogP) is 25.9. The van der Waals surface area contributed by atoms with Crippen molar-refractivity contribution in [3.05, 3.63) is 433 Å². The lowest BCUT2D eigenvalue weighted by Gasteiger charge is -2.30. The molecule has 15 aromatic carbocycles. The van der Waals surface area contributed by atoms with Gasteiger partial charge in [0.05, 0.1) is 0 Å². The molecule has 0 aliphatic heterocycles. The summed E-state index contributed by atoms with van der Waals surface area (Å²) < 4.78 is 2.68. The molecule has 0 amide bonds. The van der Waals surface area contributed by atoms with Crippen LogP contribution in [0.4, 0.5) is 102 Å². The lowest BCUT2D eigenvalue weighted by Crippen LogP contribution is -2.13. The van der Waals surface area contributed by atoms with Crippen molar-refractivity contribution < 1.29 is 0 Å². The molecule has 0 unspecified atom stereocenters. The third kappa shape index (κ3) is 13.8. The molecular weight excluding hydrogens is 1300 g/mol. The zero-order chi connectivity index (χ0) is 65.7. The highest BCUT2D eigenvalue weighted by molar-refractivity contribution is 14.2. The Kier molecular flexibility index (Phi) is 18.7. The lowest BCUT2D eigenvalue weighted by molar-refractivity contribution is 1.24. The summed E-state index contributed by atoms with van der Waals surface area (Å²) in [5, 5.41) is 0. The first-order valence-corrected chi connectivity index (χ1v) is 35.2. The van der Waals surface area contributed by atoms with Gasteiger partial charge in [0, 0.05) is 109 Å². The summed E-state index contributed by atoms with van der Waals surface area (Å²) >= 11 is -0.653. The number of benzene rings is 15. The molecule has 15 aromatic rings. The first-order chi connectivity index (χ1) is 48.6. The summed E-state index contributed by atoms with van der Waals surface area (Å²) in [6.45, 7) is 0. The molecular formula is C91H69IN6. The van der Waals surface area contributed by atoms with Crippen molar-refractivity contribution in [1.82, 2.24) is 0 Å². The van der Waals surface area contributed by atoms with Crippen molar-refractivity contribution in [2.45, 2.75) is 0 Å². The van der Waals surface area contributed by atoms with Crippen LogP contribution in [0.3, 0.4) is 0 Å². The van der Waals surface area contributed by atoms with Crippen molar-refractivity contribution >= 4 is 127 Å². The van der Waals surface area contributed by atoms with Gasteiger partial charge in [-0.1, -0.05) is 209 Å². The van der Waals surface area contributed by atoms with Crippen molar-refractivity contribution in [3.63, 3.8) is 0 Å². The molecule has 0 N–H and O–H groups in total. The van der Waals surface area contributed by atoms with Gasteiger partial charge in [-0.15, -0.1) is 0 Å². The van der Waals surface area contributed by atoms with E-state index in [9.17, 15) is 0 Å². The first-order valence-electron chi connectivity index (χ1n) is 33.0. The van der Waals surface area contributed by atoms with Gasteiger partial charge in [-0.25, -0.2) is 0 Å². The molecule has 15 rings (SSSR count). The van der Waals surface area contributed by atoms with Crippen LogP contribution < -0.4 is 29.4 Å². The van der Waals surface area contributed by atoms with Gasteiger partial charge in [-0.05, 0) is 242 Å². The van der Waals surface area contributed by atoms with E-state index < -0.39 is 20.7 Å². The van der Waals surface area contributed by atoms with Crippen LogP contribution in [0, 0.1) is 3.57 Å². The highest BCUT2D eigenvalue weighted by Gasteiger charge is 2.22. The molecule has 6 nitrogen and oxygen atoms in total. The Morgan fingerprint density at radius 3 is 0.408 bits per heavy atom. The zero-order valence-corrected chi connectivity index (χ0v) is 56.1. The summed E-state index contributed by atoms with van der Waals surface area (Å²) in [6.07, 6.45) is 0. The van der Waals surface area contributed by atoms with Crippen LogP contribution in [-0.4, -0.2) is 3.51 Å². The van der Waals surface area contributed by atoms with Gasteiger partial charge in [0.25, 0.3) is 0 Å². The molecule has 7 heteroatoms. The highest BCUT2D eigenvalue weighted by Crippen LogP contribution is 2.45. The van der Waals surface area contributed by atoms with Crippen LogP contribution in [0.1, 0.15) is 11.1 Å². The molecule has 0 radical (unpaired) electrons. The predicted molar refractivity (Wildman–Crippen MR) is 423 cm³/mol. The standard InChI is InChI=1S/C91H69IN6/c1-10-28-72(29-11-1)92-91(70-46-50-81(51-47-70)97(87-62-54-83(55-63-87)93(73-30-12-2-13-31-73)74-32-14-3-15-33-74)88-64-56-84(57-65-88)94(75-34-16-4-17-35-75)76-36-18-5-19-37-76)71-48-52-82(53-49-71)98(89-66-58-85(59-67-89)95(77-38-20-6-21-39-77)78-40-22-7-23-41-78)90-68-60-86(61-69-90)96(79-42-24-8-25-43-79)80-44-26-9-27-45-80/h1-69H. The number of hydrogen-bond acceptors (Lipinski definition) is 6. The van der Waals surface area contributed by atoms with Crippen LogP contribution >= 0.6 is 20.7 Å². The maximum Gasteiger partial charge on any atom is 0.0463 e. The minimum Gasteiger partial charge on any atom is -0.311 e. The molecule has 0 heterocycles. The van der Waals surface area contributed by atoms with Gasteiger partial charge >= 0.3 is 0 Å². The Morgan fingerprint density at radius 2 is 0.255 bits per heavy atom. The van der Waals surface area contributed by atoms with Crippen molar-refractivity contribution in [2.75, 3.05) is 29.4 Å². The molecule has 98 heavy (non-hydrogen) atoms. The van der Waals surface area contributed by atoms with Crippen LogP contribution in [0.25, 0.3) is 0 Å². The molecule has 0 saturated carbocycles. The Morgan fingerprint density at radius 1 is 0.133 bits per heavy atom. The zero-order valence-electron chi connectivity index (χ0n) is 53.9. The average molecular weight is 1370 g/mol. The fourth-order valence-electron chi connectivity index (χ4n) is 12.7. The maximum atomic E-state index is 2.37. The molecule has 0 aromatic heterocycles. The van der Waals surface area contributed by atoms with Gasteiger partial charge in [0.1, 0.15) is 0 Å². The van der Waals surface area contributed by atoms with Crippen molar-refractivity contribution in [3.8, 4) is 0 Å². The smallest absolute Gasteiger partial charge is 0.0463 e. The van der Waals surface area contributed by atoms with Crippen LogP contribution in [0.5, 0.6) is 0 Å². The van der Waals surface area contributed by atoms with Crippen molar-refractivity contribution in [1.29, 1.82) is 0 Å². The molecule has 0 fully saturated rings. The van der Waals surface area contributed by atoms with E-state index >= 15 is 0 Å². The SMILES string of the molecule is c1ccc(I=C(c2ccc(N(c3ccc(N(c4ccccc4)c4ccccc4)cc3)c3ccc(N(c4ccccc4)c4ccccc4)cc3)cc2)c2ccc(N(c3ccc(N(c4ccccc4)c4ccccc4)cc3)c3ccc(N(c4ccccc4)c4ccccc4)cc3)cc2)cc1. The number of anilines is 18. The number of para-hydroxylation sites is 8. The topological polar surface area (TPSA) is 19.4 Å². The molecule has 0 saturated heterocycles. The van der Waals surface area contributed by atoms with Gasteiger partial charge in [-0.3, -0.25) is 0 Å². The molecule has 0 aliphatic carbocycles. The fourth-order valence-corrected chi connectivity index (χ4v) is 15.4. The first kappa shape index (κ1) is 61.9. The molecule has 0 bridgehead atoms. The quantitative estimate of drug-likeness (QED) is 0.0663. The summed E-state index contributed by atoms with van der Waals surface area (Å²) in [5.41, 5.74) is 21.6. The fraction of sp³-hybridized carbons (Fsp3) is 0. The summed E-state index contributed by atoms with van der Waals surface area (Å²) in [4.78, 5) is 14.0. The minimum absolute atomic E-state index is 0.653. The van der Waals surface area contributed by atoms with Crippen LogP contribution in [-0.2, 0) is 0 Å². The second kappa shape index (κ2) is 29.6. The third-order valence-electron chi connectivity index (χ3n) is 17.3. The van der Waals surface area contributed by atoms with Gasteiger partial charge in [0.15, 0.2) is 0 Å². The number of hydrogen-bond donors (Lipinski definition) is 0. The maximum absolute atomic E-state index is 2.37. The van der Waals surface area contributed by atoms with Crippen molar-refractivity contribution in [2.24, 2.45) is 0 Å². The van der Waals surface area contributed by atoms with Gasteiger partial charge in [-0.2, -0.15) is 0 Å². The molecule has 0 spiro atoms. The normalized spacial score (nSPS) is 10.9. The number of halogens is 1. The largest absolute Gasteiger partial charge is 0.311 e. The van der Waals surface area contributed by atoms with E-state index in [0.29, 0.717) is 0 Å². The Bertz CT molecular complexity index is 4290. The average Bonchev–Trinajstić information content (AvgIpc) is 0.867. The van der Waals surface area contributed by atoms with E-state index in [1.807, 2.05) is 0 Å².